The molecule has 3 aromatic heterocycles. The lowest BCUT2D eigenvalue weighted by molar-refractivity contribution is -0.0133. The van der Waals surface area contributed by atoms with E-state index in [0.717, 1.165) is 5.56 Å². The van der Waals surface area contributed by atoms with Crippen LogP contribution in [0.5, 0.6) is 0 Å². The van der Waals surface area contributed by atoms with Crippen LogP contribution in [-0.2, 0) is 12.8 Å². The molecular weight excluding hydrogens is 352 g/mol. The van der Waals surface area contributed by atoms with E-state index in [1.54, 1.807) is 6.07 Å². The third kappa shape index (κ3) is 2.46. The van der Waals surface area contributed by atoms with Gasteiger partial charge in [-0.05, 0) is 24.1 Å². The summed E-state index contributed by atoms with van der Waals surface area (Å²) < 4.78 is 30.1. The summed E-state index contributed by atoms with van der Waals surface area (Å²) >= 11 is 5.99. The monoisotopic (exact) mass is 363 g/mol. The van der Waals surface area contributed by atoms with Crippen LogP contribution >= 0.6 is 11.6 Å². The normalized spacial score (nSPS) is 16.0. The van der Waals surface area contributed by atoms with E-state index in [1.165, 1.54) is 33.6 Å². The summed E-state index contributed by atoms with van der Waals surface area (Å²) in [4.78, 5) is 28.2. The average Bonchev–Trinajstić information content (AvgIpc) is 2.93. The molecule has 128 valence electrons. The third-order valence-corrected chi connectivity index (χ3v) is 4.81. The Balaban J connectivity index is 1.96. The summed E-state index contributed by atoms with van der Waals surface area (Å²) in [7, 11) is 0. The summed E-state index contributed by atoms with van der Waals surface area (Å²) in [6, 6.07) is 3.09. The number of fused-ring (bicyclic) bond motifs is 3. The van der Waals surface area contributed by atoms with Crippen molar-refractivity contribution in [1.82, 2.24) is 14.0 Å². The van der Waals surface area contributed by atoms with Gasteiger partial charge in [0.25, 0.3) is 11.5 Å². The lowest BCUT2D eigenvalue weighted by Crippen LogP contribution is -2.27. The Hall–Kier alpha value is -2.54. The minimum atomic E-state index is -2.77. The standard InChI is InChI=1S/C17H12ClF2N3O2/c18-12-2-4-21-15(11(12)9-24)23-6-5-22-13(16(23)25)7-10-1-3-17(19,20)8-14(10)22/h2,4-7,9H,1,3,8H2. The number of nitrogens with zero attached hydrogens (tertiary/aromatic N) is 3. The van der Waals surface area contributed by atoms with E-state index in [1.807, 2.05) is 0 Å². The Morgan fingerprint density at radius 3 is 2.88 bits per heavy atom. The molecule has 0 aromatic carbocycles. The summed E-state index contributed by atoms with van der Waals surface area (Å²) in [6.45, 7) is 0. The number of hydrogen-bond acceptors (Lipinski definition) is 3. The molecule has 0 aliphatic heterocycles. The van der Waals surface area contributed by atoms with Crippen LogP contribution in [-0.4, -0.2) is 26.2 Å². The first-order chi connectivity index (χ1) is 11.9. The van der Waals surface area contributed by atoms with Crippen LogP contribution < -0.4 is 5.56 Å². The van der Waals surface area contributed by atoms with Gasteiger partial charge in [0.15, 0.2) is 12.1 Å². The largest absolute Gasteiger partial charge is 0.314 e. The molecule has 0 fully saturated rings. The number of alkyl halides is 2. The maximum absolute atomic E-state index is 13.7. The molecule has 3 aromatic rings. The second kappa shape index (κ2) is 5.49. The first-order valence-electron chi connectivity index (χ1n) is 7.63. The maximum atomic E-state index is 13.7. The van der Waals surface area contributed by atoms with Crippen LogP contribution in [0.15, 0.2) is 35.5 Å². The molecule has 3 heterocycles. The first-order valence-corrected chi connectivity index (χ1v) is 8.01. The molecule has 0 saturated heterocycles. The second-order valence-corrected chi connectivity index (χ2v) is 6.43. The van der Waals surface area contributed by atoms with Gasteiger partial charge in [-0.25, -0.2) is 13.8 Å². The molecule has 5 nitrogen and oxygen atoms in total. The summed E-state index contributed by atoms with van der Waals surface area (Å²) in [6.07, 6.45) is 4.47. The van der Waals surface area contributed by atoms with Crippen LogP contribution in [0.2, 0.25) is 5.02 Å². The number of aldehydes is 1. The number of carbonyl (C=O) groups is 1. The molecule has 0 atom stereocenters. The number of pyridine rings is 1. The van der Waals surface area contributed by atoms with Gasteiger partial charge in [-0.15, -0.1) is 0 Å². The number of rotatable bonds is 2. The SMILES string of the molecule is O=Cc1c(Cl)ccnc1-n1ccn2c3c(cc2c1=O)CCC(F)(F)C3. The molecule has 1 aliphatic carbocycles. The summed E-state index contributed by atoms with van der Waals surface area (Å²) in [5, 5.41) is 0.182. The van der Waals surface area contributed by atoms with E-state index in [2.05, 4.69) is 4.98 Å². The molecule has 0 saturated carbocycles. The van der Waals surface area contributed by atoms with Crippen molar-refractivity contribution >= 4 is 23.4 Å². The van der Waals surface area contributed by atoms with Crippen LogP contribution in [0, 0.1) is 0 Å². The fraction of sp³-hybridized carbons (Fsp3) is 0.235. The molecule has 0 N–H and O–H groups in total. The van der Waals surface area contributed by atoms with Crippen molar-refractivity contribution in [3.05, 3.63) is 62.9 Å². The molecule has 0 unspecified atom stereocenters. The molecule has 8 heteroatoms. The van der Waals surface area contributed by atoms with Gasteiger partial charge in [0, 0.05) is 30.7 Å². The Bertz CT molecular complexity index is 1070. The van der Waals surface area contributed by atoms with E-state index in [9.17, 15) is 18.4 Å². The molecule has 0 bridgehead atoms. The van der Waals surface area contributed by atoms with Gasteiger partial charge in [-0.3, -0.25) is 14.2 Å². The predicted octanol–water partition coefficient (Wildman–Crippen LogP) is 3.08. The van der Waals surface area contributed by atoms with E-state index in [4.69, 9.17) is 11.6 Å². The first kappa shape index (κ1) is 16.0. The highest BCUT2D eigenvalue weighted by Crippen LogP contribution is 2.34. The second-order valence-electron chi connectivity index (χ2n) is 6.03. The molecule has 0 amide bonds. The number of carbonyl (C=O) groups excluding carboxylic acids is 1. The van der Waals surface area contributed by atoms with Crippen molar-refractivity contribution in [1.29, 1.82) is 0 Å². The van der Waals surface area contributed by atoms with E-state index in [-0.39, 0.29) is 34.8 Å². The fourth-order valence-corrected chi connectivity index (χ4v) is 3.44. The van der Waals surface area contributed by atoms with Gasteiger partial charge in [0.2, 0.25) is 0 Å². The molecule has 25 heavy (non-hydrogen) atoms. The van der Waals surface area contributed by atoms with Crippen LogP contribution in [0.25, 0.3) is 11.3 Å². The lowest BCUT2D eigenvalue weighted by atomic mass is 9.95. The fourth-order valence-electron chi connectivity index (χ4n) is 3.25. The molecule has 4 rings (SSSR count). The Kier molecular flexibility index (Phi) is 3.50. The van der Waals surface area contributed by atoms with Gasteiger partial charge in [-0.1, -0.05) is 11.6 Å². The van der Waals surface area contributed by atoms with Crippen LogP contribution in [0.1, 0.15) is 28.0 Å². The van der Waals surface area contributed by atoms with Crippen molar-refractivity contribution in [2.75, 3.05) is 0 Å². The summed E-state index contributed by atoms with van der Waals surface area (Å²) in [5.41, 5.74) is 1.11. The molecule has 0 radical (unpaired) electrons. The van der Waals surface area contributed by atoms with Crippen LogP contribution in [0.4, 0.5) is 8.78 Å². The van der Waals surface area contributed by atoms with E-state index < -0.39 is 17.9 Å². The number of halogens is 3. The van der Waals surface area contributed by atoms with Gasteiger partial charge >= 0.3 is 0 Å². The molecular formula is C17H12ClF2N3O2. The zero-order valence-corrected chi connectivity index (χ0v) is 13.6. The van der Waals surface area contributed by atoms with Gasteiger partial charge in [-0.2, -0.15) is 0 Å². The number of aromatic nitrogens is 3. The van der Waals surface area contributed by atoms with E-state index in [0.29, 0.717) is 12.0 Å². The third-order valence-electron chi connectivity index (χ3n) is 4.48. The maximum Gasteiger partial charge on any atom is 0.280 e. The number of hydrogen-bond donors (Lipinski definition) is 0. The predicted molar refractivity (Wildman–Crippen MR) is 88.2 cm³/mol. The van der Waals surface area contributed by atoms with E-state index >= 15 is 0 Å². The zero-order valence-electron chi connectivity index (χ0n) is 12.9. The Labute approximate surface area is 145 Å². The molecule has 0 spiro atoms. The Morgan fingerprint density at radius 2 is 2.12 bits per heavy atom. The average molecular weight is 364 g/mol. The number of aryl methyl sites for hydroxylation is 1. The summed E-state index contributed by atoms with van der Waals surface area (Å²) in [5.74, 6) is -2.66. The quantitative estimate of drug-likeness (QED) is 0.657. The minimum Gasteiger partial charge on any atom is -0.314 e. The van der Waals surface area contributed by atoms with Crippen molar-refractivity contribution in [3.8, 4) is 5.82 Å². The van der Waals surface area contributed by atoms with Gasteiger partial charge in [0.05, 0.1) is 17.0 Å². The Morgan fingerprint density at radius 1 is 1.32 bits per heavy atom. The van der Waals surface area contributed by atoms with Crippen LogP contribution in [0.3, 0.4) is 0 Å². The van der Waals surface area contributed by atoms with Crippen molar-refractivity contribution in [2.45, 2.75) is 25.2 Å². The topological polar surface area (TPSA) is 56.4 Å². The smallest absolute Gasteiger partial charge is 0.280 e. The lowest BCUT2D eigenvalue weighted by Gasteiger charge is -2.22. The molecule has 1 aliphatic rings. The zero-order chi connectivity index (χ0) is 17.8. The highest BCUT2D eigenvalue weighted by atomic mass is 35.5. The van der Waals surface area contributed by atoms with Crippen molar-refractivity contribution < 1.29 is 13.6 Å². The highest BCUT2D eigenvalue weighted by Gasteiger charge is 2.36. The van der Waals surface area contributed by atoms with Crippen molar-refractivity contribution in [2.24, 2.45) is 0 Å². The minimum absolute atomic E-state index is 0.0958. The van der Waals surface area contributed by atoms with Gasteiger partial charge in [0.1, 0.15) is 5.52 Å². The van der Waals surface area contributed by atoms with Crippen molar-refractivity contribution in [3.63, 3.8) is 0 Å². The van der Waals surface area contributed by atoms with Gasteiger partial charge < -0.3 is 4.40 Å². The highest BCUT2D eigenvalue weighted by molar-refractivity contribution is 6.33.